The Morgan fingerprint density at radius 2 is 1.93 bits per heavy atom. The number of hydrogen-bond acceptors (Lipinski definition) is 3. The molecule has 2 heterocycles. The minimum absolute atomic E-state index is 0.606. The Morgan fingerprint density at radius 3 is 2.57 bits per heavy atom. The average Bonchev–Trinajstić information content (AvgIpc) is 2.17. The molecule has 0 unspecified atom stereocenters. The van der Waals surface area contributed by atoms with Crippen LogP contribution in [0.15, 0.2) is 12.2 Å². The normalized spacial score (nSPS) is 26.9. The fourth-order valence-electron chi connectivity index (χ4n) is 2.47. The quantitative estimate of drug-likeness (QED) is 0.672. The highest BCUT2D eigenvalue weighted by Crippen LogP contribution is 2.39. The molecule has 0 amide bonds. The van der Waals surface area contributed by atoms with Gasteiger partial charge < -0.3 is 10.5 Å². The summed E-state index contributed by atoms with van der Waals surface area (Å²) < 4.78 is 5.39. The Labute approximate surface area is 85.9 Å². The predicted molar refractivity (Wildman–Crippen MR) is 57.1 cm³/mol. The van der Waals surface area contributed by atoms with Gasteiger partial charge in [0.2, 0.25) is 0 Å². The van der Waals surface area contributed by atoms with E-state index in [2.05, 4.69) is 11.0 Å². The Kier molecular flexibility index (Phi) is 3.21. The molecular formula is C11H20N2O. The van der Waals surface area contributed by atoms with E-state index in [-0.39, 0.29) is 0 Å². The fraction of sp³-hybridized carbons (Fsp3) is 0.818. The maximum Gasteiger partial charge on any atom is 0.0472 e. The molecule has 2 fully saturated rings. The van der Waals surface area contributed by atoms with Crippen LogP contribution in [0.1, 0.15) is 12.8 Å². The van der Waals surface area contributed by atoms with Crippen LogP contribution in [0.3, 0.4) is 0 Å². The molecule has 1 spiro atoms. The van der Waals surface area contributed by atoms with Gasteiger partial charge in [0.1, 0.15) is 0 Å². The molecule has 0 radical (unpaired) electrons. The van der Waals surface area contributed by atoms with Gasteiger partial charge in [-0.05, 0) is 12.8 Å². The largest absolute Gasteiger partial charge is 0.381 e. The highest BCUT2D eigenvalue weighted by atomic mass is 16.5. The molecule has 3 nitrogen and oxygen atoms in total. The van der Waals surface area contributed by atoms with Crippen LogP contribution in [0.2, 0.25) is 0 Å². The van der Waals surface area contributed by atoms with Crippen molar-refractivity contribution in [3.63, 3.8) is 0 Å². The molecule has 2 N–H and O–H groups in total. The van der Waals surface area contributed by atoms with E-state index in [0.717, 1.165) is 19.8 Å². The van der Waals surface area contributed by atoms with Gasteiger partial charge in [-0.1, -0.05) is 12.2 Å². The van der Waals surface area contributed by atoms with Gasteiger partial charge in [-0.25, -0.2) is 0 Å². The van der Waals surface area contributed by atoms with Crippen LogP contribution in [0, 0.1) is 5.41 Å². The van der Waals surface area contributed by atoms with E-state index in [1.165, 1.54) is 25.9 Å². The second-order valence-electron chi connectivity index (χ2n) is 4.49. The van der Waals surface area contributed by atoms with Crippen LogP contribution >= 0.6 is 0 Å². The monoisotopic (exact) mass is 196 g/mol. The third-order valence-corrected chi connectivity index (χ3v) is 3.34. The summed E-state index contributed by atoms with van der Waals surface area (Å²) in [6, 6.07) is 0. The van der Waals surface area contributed by atoms with Crippen LogP contribution in [0.4, 0.5) is 0 Å². The lowest BCUT2D eigenvalue weighted by Crippen LogP contribution is -2.58. The Morgan fingerprint density at radius 1 is 1.21 bits per heavy atom. The first-order valence-electron chi connectivity index (χ1n) is 5.50. The van der Waals surface area contributed by atoms with E-state index in [1.54, 1.807) is 0 Å². The minimum atomic E-state index is 0.606. The molecule has 0 aromatic carbocycles. The zero-order chi connectivity index (χ0) is 9.86. The van der Waals surface area contributed by atoms with Gasteiger partial charge in [-0.2, -0.15) is 0 Å². The number of hydrogen-bond donors (Lipinski definition) is 1. The van der Waals surface area contributed by atoms with Crippen molar-refractivity contribution < 1.29 is 4.74 Å². The van der Waals surface area contributed by atoms with Gasteiger partial charge in [-0.3, -0.25) is 4.90 Å². The van der Waals surface area contributed by atoms with Gasteiger partial charge in [0, 0.05) is 44.8 Å². The molecule has 14 heavy (non-hydrogen) atoms. The summed E-state index contributed by atoms with van der Waals surface area (Å²) in [6.07, 6.45) is 6.72. The molecule has 0 atom stereocenters. The van der Waals surface area contributed by atoms with E-state index in [0.29, 0.717) is 12.0 Å². The highest BCUT2D eigenvalue weighted by molar-refractivity contribution is 4.99. The van der Waals surface area contributed by atoms with Crippen molar-refractivity contribution >= 4 is 0 Å². The lowest BCUT2D eigenvalue weighted by molar-refractivity contribution is -0.0758. The number of nitrogens with zero attached hydrogens (tertiary/aromatic N) is 1. The fourth-order valence-corrected chi connectivity index (χ4v) is 2.47. The molecule has 2 aliphatic rings. The number of nitrogens with two attached hydrogens (primary N) is 1. The van der Waals surface area contributed by atoms with E-state index in [1.807, 2.05) is 6.08 Å². The average molecular weight is 196 g/mol. The Balaban J connectivity index is 1.69. The maximum atomic E-state index is 5.39. The molecule has 0 aromatic rings. The molecule has 2 saturated heterocycles. The number of rotatable bonds is 3. The predicted octanol–water partition coefficient (Wildman–Crippen LogP) is 0.614. The second kappa shape index (κ2) is 4.43. The van der Waals surface area contributed by atoms with Gasteiger partial charge in [0.25, 0.3) is 0 Å². The first-order chi connectivity index (χ1) is 6.85. The standard InChI is InChI=1S/C11H20N2O/c12-5-1-2-6-13-9-11(10-13)3-7-14-8-4-11/h1-2H,3-10,12H2/b2-1+. The van der Waals surface area contributed by atoms with Gasteiger partial charge in [-0.15, -0.1) is 0 Å². The molecule has 2 aliphatic heterocycles. The highest BCUT2D eigenvalue weighted by Gasteiger charge is 2.42. The smallest absolute Gasteiger partial charge is 0.0472 e. The van der Waals surface area contributed by atoms with Crippen LogP contribution in [-0.2, 0) is 4.74 Å². The molecule has 3 heteroatoms. The van der Waals surface area contributed by atoms with Gasteiger partial charge in [0.05, 0.1) is 0 Å². The van der Waals surface area contributed by atoms with Crippen molar-refractivity contribution in [1.82, 2.24) is 4.90 Å². The molecule has 80 valence electrons. The number of ether oxygens (including phenoxy) is 1. The number of likely N-dealkylation sites (tertiary alicyclic amines) is 1. The first kappa shape index (κ1) is 10.1. The third-order valence-electron chi connectivity index (χ3n) is 3.34. The Hall–Kier alpha value is -0.380. The molecule has 2 rings (SSSR count). The molecule has 0 aromatic heterocycles. The molecule has 0 aliphatic carbocycles. The lowest BCUT2D eigenvalue weighted by atomic mass is 9.73. The lowest BCUT2D eigenvalue weighted by Gasteiger charge is -2.52. The van der Waals surface area contributed by atoms with Gasteiger partial charge >= 0.3 is 0 Å². The van der Waals surface area contributed by atoms with E-state index < -0.39 is 0 Å². The third kappa shape index (κ3) is 2.16. The van der Waals surface area contributed by atoms with Crippen LogP contribution in [0.25, 0.3) is 0 Å². The SMILES string of the molecule is NC/C=C/CN1CC2(CCOCC2)C1. The van der Waals surface area contributed by atoms with Crippen molar-refractivity contribution in [2.24, 2.45) is 11.1 Å². The summed E-state index contributed by atoms with van der Waals surface area (Å²) in [4.78, 5) is 2.48. The van der Waals surface area contributed by atoms with Crippen molar-refractivity contribution in [2.75, 3.05) is 39.4 Å². The van der Waals surface area contributed by atoms with Crippen LogP contribution < -0.4 is 5.73 Å². The summed E-state index contributed by atoms with van der Waals surface area (Å²) in [5.74, 6) is 0. The van der Waals surface area contributed by atoms with E-state index in [4.69, 9.17) is 10.5 Å². The van der Waals surface area contributed by atoms with Crippen LogP contribution in [0.5, 0.6) is 0 Å². The summed E-state index contributed by atoms with van der Waals surface area (Å²) in [5, 5.41) is 0. The summed E-state index contributed by atoms with van der Waals surface area (Å²) in [5.41, 5.74) is 5.99. The summed E-state index contributed by atoms with van der Waals surface area (Å²) >= 11 is 0. The molecule has 0 bridgehead atoms. The zero-order valence-corrected chi connectivity index (χ0v) is 8.74. The molecular weight excluding hydrogens is 176 g/mol. The van der Waals surface area contributed by atoms with Crippen LogP contribution in [-0.4, -0.2) is 44.3 Å². The van der Waals surface area contributed by atoms with E-state index >= 15 is 0 Å². The van der Waals surface area contributed by atoms with Crippen molar-refractivity contribution in [1.29, 1.82) is 0 Å². The van der Waals surface area contributed by atoms with Crippen molar-refractivity contribution in [3.8, 4) is 0 Å². The second-order valence-corrected chi connectivity index (χ2v) is 4.49. The minimum Gasteiger partial charge on any atom is -0.381 e. The first-order valence-corrected chi connectivity index (χ1v) is 5.50. The van der Waals surface area contributed by atoms with Crippen molar-refractivity contribution in [2.45, 2.75) is 12.8 Å². The zero-order valence-electron chi connectivity index (χ0n) is 8.74. The maximum absolute atomic E-state index is 5.39. The van der Waals surface area contributed by atoms with Gasteiger partial charge in [0.15, 0.2) is 0 Å². The summed E-state index contributed by atoms with van der Waals surface area (Å²) in [6.45, 7) is 6.17. The summed E-state index contributed by atoms with van der Waals surface area (Å²) in [7, 11) is 0. The Bertz CT molecular complexity index is 201. The topological polar surface area (TPSA) is 38.5 Å². The molecule has 0 saturated carbocycles. The van der Waals surface area contributed by atoms with E-state index in [9.17, 15) is 0 Å². The van der Waals surface area contributed by atoms with Crippen molar-refractivity contribution in [3.05, 3.63) is 12.2 Å².